The zero-order chi connectivity index (χ0) is 15.4. The number of aryl methyl sites for hydroxylation is 2. The molecule has 5 heteroatoms. The van der Waals surface area contributed by atoms with E-state index in [-0.39, 0.29) is 12.5 Å². The molecule has 1 amide bonds. The first-order chi connectivity index (χ1) is 10.0. The molecule has 0 aliphatic carbocycles. The van der Waals surface area contributed by atoms with E-state index in [1.54, 1.807) is 0 Å². The molecule has 21 heavy (non-hydrogen) atoms. The summed E-state index contributed by atoms with van der Waals surface area (Å²) in [6, 6.07) is 5.07. The van der Waals surface area contributed by atoms with Crippen LogP contribution in [0.5, 0.6) is 5.75 Å². The van der Waals surface area contributed by atoms with E-state index < -0.39 is 12.0 Å². The minimum atomic E-state index is -0.935. The van der Waals surface area contributed by atoms with E-state index in [9.17, 15) is 14.7 Å². The fraction of sp³-hybridized carbons (Fsp3) is 0.500. The number of carboxylic acid groups (broad SMARTS) is 1. The molecule has 2 rings (SSSR count). The van der Waals surface area contributed by atoms with Crippen LogP contribution < -0.4 is 4.74 Å². The number of aliphatic carboxylic acids is 1. The van der Waals surface area contributed by atoms with Gasteiger partial charge in [-0.05, 0) is 44.2 Å². The van der Waals surface area contributed by atoms with Crippen LogP contribution in [0.1, 0.15) is 30.4 Å². The molecule has 0 spiro atoms. The van der Waals surface area contributed by atoms with Crippen molar-refractivity contribution in [3.05, 3.63) is 29.3 Å². The van der Waals surface area contributed by atoms with Gasteiger partial charge in [0.15, 0.2) is 6.61 Å². The van der Waals surface area contributed by atoms with Crippen LogP contribution in [0.15, 0.2) is 18.2 Å². The standard InChI is InChI=1S/C16H21NO4/c1-11-6-5-7-12(2)15(11)21-10-14(18)17-9-4-3-8-13(17)16(19)20/h5-7,13H,3-4,8-10H2,1-2H3,(H,19,20)/t13-/m0/s1. The number of rotatable bonds is 4. The van der Waals surface area contributed by atoms with Gasteiger partial charge in [0.1, 0.15) is 11.8 Å². The number of benzene rings is 1. The fourth-order valence-corrected chi connectivity index (χ4v) is 2.73. The molecule has 0 bridgehead atoms. The first kappa shape index (κ1) is 15.4. The van der Waals surface area contributed by atoms with Gasteiger partial charge in [0.2, 0.25) is 0 Å². The minimum Gasteiger partial charge on any atom is -0.483 e. The predicted molar refractivity (Wildman–Crippen MR) is 78.4 cm³/mol. The van der Waals surface area contributed by atoms with Crippen molar-refractivity contribution in [3.8, 4) is 5.75 Å². The van der Waals surface area contributed by atoms with Crippen LogP contribution in [0.4, 0.5) is 0 Å². The number of carbonyl (C=O) groups excluding carboxylic acids is 1. The van der Waals surface area contributed by atoms with Crippen LogP contribution in [0, 0.1) is 13.8 Å². The van der Waals surface area contributed by atoms with E-state index in [2.05, 4.69) is 0 Å². The molecule has 0 saturated carbocycles. The summed E-state index contributed by atoms with van der Waals surface area (Å²) in [5.41, 5.74) is 1.94. The monoisotopic (exact) mass is 291 g/mol. The highest BCUT2D eigenvalue weighted by molar-refractivity contribution is 5.84. The largest absolute Gasteiger partial charge is 0.483 e. The van der Waals surface area contributed by atoms with E-state index in [1.165, 1.54) is 4.90 Å². The molecular formula is C16H21NO4. The number of hydrogen-bond acceptors (Lipinski definition) is 3. The molecule has 1 fully saturated rings. The van der Waals surface area contributed by atoms with E-state index in [0.29, 0.717) is 18.7 Å². The Kier molecular flexibility index (Phi) is 4.83. The Morgan fingerprint density at radius 1 is 1.29 bits per heavy atom. The van der Waals surface area contributed by atoms with Crippen LogP contribution in [0.25, 0.3) is 0 Å². The lowest BCUT2D eigenvalue weighted by atomic mass is 10.0. The van der Waals surface area contributed by atoms with E-state index in [1.807, 2.05) is 32.0 Å². The maximum absolute atomic E-state index is 12.2. The van der Waals surface area contributed by atoms with Gasteiger partial charge in [-0.15, -0.1) is 0 Å². The quantitative estimate of drug-likeness (QED) is 0.923. The van der Waals surface area contributed by atoms with E-state index in [4.69, 9.17) is 4.74 Å². The highest BCUT2D eigenvalue weighted by atomic mass is 16.5. The highest BCUT2D eigenvalue weighted by Gasteiger charge is 2.32. The molecule has 1 N–H and O–H groups in total. The first-order valence-corrected chi connectivity index (χ1v) is 7.22. The molecule has 0 unspecified atom stereocenters. The molecule has 0 aromatic heterocycles. The lowest BCUT2D eigenvalue weighted by molar-refractivity contribution is -0.152. The van der Waals surface area contributed by atoms with Gasteiger partial charge in [-0.3, -0.25) is 4.79 Å². The molecule has 1 aliphatic rings. The lowest BCUT2D eigenvalue weighted by Gasteiger charge is -2.32. The summed E-state index contributed by atoms with van der Waals surface area (Å²) >= 11 is 0. The number of carboxylic acids is 1. The number of piperidine rings is 1. The van der Waals surface area contributed by atoms with Crippen LogP contribution in [0.3, 0.4) is 0 Å². The Bertz CT molecular complexity index is 521. The number of para-hydroxylation sites is 1. The van der Waals surface area contributed by atoms with E-state index in [0.717, 1.165) is 24.0 Å². The normalized spacial score (nSPS) is 18.4. The minimum absolute atomic E-state index is 0.116. The number of carbonyl (C=O) groups is 2. The predicted octanol–water partition coefficient (Wildman–Crippen LogP) is 2.15. The third kappa shape index (κ3) is 3.54. The first-order valence-electron chi connectivity index (χ1n) is 7.22. The Morgan fingerprint density at radius 3 is 2.57 bits per heavy atom. The molecule has 5 nitrogen and oxygen atoms in total. The van der Waals surface area contributed by atoms with Crippen molar-refractivity contribution in [1.29, 1.82) is 0 Å². The summed E-state index contributed by atoms with van der Waals surface area (Å²) in [6.07, 6.45) is 2.21. The number of amides is 1. The average Bonchev–Trinajstić information content (AvgIpc) is 2.46. The fourth-order valence-electron chi connectivity index (χ4n) is 2.73. The Labute approximate surface area is 124 Å². The molecule has 1 aromatic carbocycles. The van der Waals surface area contributed by atoms with Gasteiger partial charge in [0, 0.05) is 6.54 Å². The van der Waals surface area contributed by atoms with Crippen molar-refractivity contribution < 1.29 is 19.4 Å². The summed E-state index contributed by atoms with van der Waals surface area (Å²) in [7, 11) is 0. The topological polar surface area (TPSA) is 66.8 Å². The molecule has 1 saturated heterocycles. The van der Waals surface area contributed by atoms with Crippen LogP contribution in [-0.2, 0) is 9.59 Å². The third-order valence-electron chi connectivity index (χ3n) is 3.86. The van der Waals surface area contributed by atoms with Crippen molar-refractivity contribution in [3.63, 3.8) is 0 Å². The van der Waals surface area contributed by atoms with Gasteiger partial charge in [-0.25, -0.2) is 4.79 Å². The molecule has 1 heterocycles. The number of ether oxygens (including phenoxy) is 1. The SMILES string of the molecule is Cc1cccc(C)c1OCC(=O)N1CCCC[C@H]1C(=O)O. The Balaban J connectivity index is 2.02. The van der Waals surface area contributed by atoms with Gasteiger partial charge in [-0.2, -0.15) is 0 Å². The third-order valence-corrected chi connectivity index (χ3v) is 3.86. The smallest absolute Gasteiger partial charge is 0.326 e. The maximum Gasteiger partial charge on any atom is 0.326 e. The Hall–Kier alpha value is -2.04. The van der Waals surface area contributed by atoms with Crippen molar-refractivity contribution in [2.24, 2.45) is 0 Å². The average molecular weight is 291 g/mol. The summed E-state index contributed by atoms with van der Waals surface area (Å²) < 4.78 is 5.63. The van der Waals surface area contributed by atoms with Gasteiger partial charge >= 0.3 is 5.97 Å². The number of nitrogens with zero attached hydrogens (tertiary/aromatic N) is 1. The molecular weight excluding hydrogens is 270 g/mol. The summed E-state index contributed by atoms with van der Waals surface area (Å²) in [5.74, 6) is -0.491. The van der Waals surface area contributed by atoms with Crippen molar-refractivity contribution in [2.75, 3.05) is 13.2 Å². The maximum atomic E-state index is 12.2. The van der Waals surface area contributed by atoms with Gasteiger partial charge < -0.3 is 14.7 Å². The summed E-state index contributed by atoms with van der Waals surface area (Å²) in [6.45, 7) is 4.23. The molecule has 1 atom stereocenters. The zero-order valence-electron chi connectivity index (χ0n) is 12.5. The van der Waals surface area contributed by atoms with Crippen molar-refractivity contribution >= 4 is 11.9 Å². The number of likely N-dealkylation sites (tertiary alicyclic amines) is 1. The molecule has 1 aromatic rings. The van der Waals surface area contributed by atoms with Crippen molar-refractivity contribution in [1.82, 2.24) is 4.90 Å². The Morgan fingerprint density at radius 2 is 1.95 bits per heavy atom. The second-order valence-corrected chi connectivity index (χ2v) is 5.45. The van der Waals surface area contributed by atoms with Crippen LogP contribution in [0.2, 0.25) is 0 Å². The van der Waals surface area contributed by atoms with Crippen molar-refractivity contribution in [2.45, 2.75) is 39.2 Å². The van der Waals surface area contributed by atoms with Crippen LogP contribution in [-0.4, -0.2) is 41.1 Å². The highest BCUT2D eigenvalue weighted by Crippen LogP contribution is 2.23. The van der Waals surface area contributed by atoms with Gasteiger partial charge in [0.05, 0.1) is 0 Å². The zero-order valence-corrected chi connectivity index (χ0v) is 12.5. The lowest BCUT2D eigenvalue weighted by Crippen LogP contribution is -2.49. The van der Waals surface area contributed by atoms with Crippen LogP contribution >= 0.6 is 0 Å². The second kappa shape index (κ2) is 6.61. The molecule has 1 aliphatic heterocycles. The number of hydrogen-bond donors (Lipinski definition) is 1. The second-order valence-electron chi connectivity index (χ2n) is 5.45. The van der Waals surface area contributed by atoms with Gasteiger partial charge in [-0.1, -0.05) is 18.2 Å². The van der Waals surface area contributed by atoms with Gasteiger partial charge in [0.25, 0.3) is 5.91 Å². The van der Waals surface area contributed by atoms with E-state index >= 15 is 0 Å². The molecule has 0 radical (unpaired) electrons. The summed E-state index contributed by atoms with van der Waals surface area (Å²) in [4.78, 5) is 24.9. The molecule has 114 valence electrons. The summed E-state index contributed by atoms with van der Waals surface area (Å²) in [5, 5.41) is 9.20.